The topological polar surface area (TPSA) is 96.0 Å². The maximum Gasteiger partial charge on any atom is 0.257 e. The number of halogens is 1. The van der Waals surface area contributed by atoms with Crippen molar-refractivity contribution in [2.24, 2.45) is 0 Å². The molecule has 1 aromatic carbocycles. The van der Waals surface area contributed by atoms with Crippen LogP contribution in [0.25, 0.3) is 0 Å². The number of hydrogen-bond acceptors (Lipinski definition) is 6. The van der Waals surface area contributed by atoms with E-state index in [9.17, 15) is 22.4 Å². The number of amides is 2. The van der Waals surface area contributed by atoms with Gasteiger partial charge in [-0.1, -0.05) is 6.07 Å². The number of morpholine rings is 1. The smallest absolute Gasteiger partial charge is 0.257 e. The van der Waals surface area contributed by atoms with Gasteiger partial charge in [-0.2, -0.15) is 4.31 Å². The summed E-state index contributed by atoms with van der Waals surface area (Å²) in [4.78, 5) is 27.1. The van der Waals surface area contributed by atoms with E-state index in [1.165, 1.54) is 20.5 Å². The number of sulfonamides is 1. The average Bonchev–Trinajstić information content (AvgIpc) is 3.30. The summed E-state index contributed by atoms with van der Waals surface area (Å²) < 4.78 is 46.6. The van der Waals surface area contributed by atoms with E-state index in [0.29, 0.717) is 6.54 Å². The van der Waals surface area contributed by atoms with Crippen molar-refractivity contribution in [1.29, 1.82) is 0 Å². The Morgan fingerprint density at radius 1 is 1.26 bits per heavy atom. The molecule has 11 heteroatoms. The molecule has 0 spiro atoms. The molecule has 8 nitrogen and oxygen atoms in total. The van der Waals surface area contributed by atoms with Crippen molar-refractivity contribution in [1.82, 2.24) is 14.5 Å². The van der Waals surface area contributed by atoms with Gasteiger partial charge >= 0.3 is 0 Å². The molecule has 0 radical (unpaired) electrons. The Bertz CT molecular complexity index is 1020. The zero-order chi connectivity index (χ0) is 22.4. The molecule has 1 aliphatic rings. The summed E-state index contributed by atoms with van der Waals surface area (Å²) in [6.45, 7) is 2.82. The molecule has 0 aliphatic carbocycles. The molecular formula is C20H24FN3O5S2. The van der Waals surface area contributed by atoms with E-state index in [2.05, 4.69) is 5.32 Å². The Morgan fingerprint density at radius 2 is 2.00 bits per heavy atom. The van der Waals surface area contributed by atoms with Crippen LogP contribution in [0.1, 0.15) is 22.2 Å². The second-order valence-corrected chi connectivity index (χ2v) is 9.80. The number of thiophene rings is 1. The summed E-state index contributed by atoms with van der Waals surface area (Å²) in [5.74, 6) is -1.98. The molecule has 0 saturated carbocycles. The molecule has 0 atom stereocenters. The molecule has 168 valence electrons. The van der Waals surface area contributed by atoms with Gasteiger partial charge in [0.1, 0.15) is 5.82 Å². The Labute approximate surface area is 184 Å². The molecule has 1 fully saturated rings. The molecule has 2 aromatic rings. The van der Waals surface area contributed by atoms with E-state index < -0.39 is 21.7 Å². The molecule has 1 aromatic heterocycles. The zero-order valence-corrected chi connectivity index (χ0v) is 18.7. The third kappa shape index (κ3) is 5.67. The molecule has 0 unspecified atom stereocenters. The Kier molecular flexibility index (Phi) is 7.76. The highest BCUT2D eigenvalue weighted by Gasteiger charge is 2.29. The number of rotatable bonds is 8. The molecule has 1 N–H and O–H groups in total. The zero-order valence-electron chi connectivity index (χ0n) is 17.0. The highest BCUT2D eigenvalue weighted by molar-refractivity contribution is 7.89. The highest BCUT2D eigenvalue weighted by Crippen LogP contribution is 2.21. The van der Waals surface area contributed by atoms with E-state index in [-0.39, 0.29) is 55.8 Å². The fraction of sp³-hybridized carbons (Fsp3) is 0.400. The van der Waals surface area contributed by atoms with Crippen molar-refractivity contribution in [3.05, 3.63) is 52.0 Å². The normalized spacial score (nSPS) is 14.9. The average molecular weight is 470 g/mol. The Morgan fingerprint density at radius 3 is 2.65 bits per heavy atom. The van der Waals surface area contributed by atoms with Crippen molar-refractivity contribution in [2.75, 3.05) is 39.4 Å². The fourth-order valence-corrected chi connectivity index (χ4v) is 5.17. The van der Waals surface area contributed by atoms with E-state index in [0.717, 1.165) is 23.1 Å². The monoisotopic (exact) mass is 469 g/mol. The van der Waals surface area contributed by atoms with E-state index in [1.54, 1.807) is 6.92 Å². The maximum absolute atomic E-state index is 14.4. The summed E-state index contributed by atoms with van der Waals surface area (Å²) in [5.41, 5.74) is -0.387. The first-order valence-corrected chi connectivity index (χ1v) is 12.1. The van der Waals surface area contributed by atoms with Crippen molar-refractivity contribution >= 4 is 33.2 Å². The number of hydrogen-bond donors (Lipinski definition) is 1. The summed E-state index contributed by atoms with van der Waals surface area (Å²) >= 11 is 1.50. The van der Waals surface area contributed by atoms with Gasteiger partial charge in [0.15, 0.2) is 0 Å². The summed E-state index contributed by atoms with van der Waals surface area (Å²) in [7, 11) is -3.89. The van der Waals surface area contributed by atoms with Crippen LogP contribution in [0.15, 0.2) is 40.6 Å². The van der Waals surface area contributed by atoms with Gasteiger partial charge < -0.3 is 15.0 Å². The number of carbonyl (C=O) groups excluding carboxylic acids is 2. The second-order valence-electron chi connectivity index (χ2n) is 6.83. The third-order valence-electron chi connectivity index (χ3n) is 4.82. The summed E-state index contributed by atoms with van der Waals surface area (Å²) in [5, 5.41) is 4.61. The van der Waals surface area contributed by atoms with Gasteiger partial charge in [0.05, 0.1) is 36.8 Å². The molecule has 2 amide bonds. The number of nitrogens with one attached hydrogen (secondary N) is 1. The lowest BCUT2D eigenvalue weighted by molar-refractivity contribution is -0.121. The number of benzene rings is 1. The standard InChI is InChI=1S/C20H24FN3O5S2/c1-2-23(14-19(25)22-13-15-4-3-11-30-15)20(26)17-12-16(5-6-18(17)21)31(27,28)24-7-9-29-10-8-24/h3-6,11-12H,2,7-10,13-14H2,1H3,(H,22,25). The summed E-state index contributed by atoms with van der Waals surface area (Å²) in [6.07, 6.45) is 0. The molecule has 2 heterocycles. The second kappa shape index (κ2) is 10.3. The van der Waals surface area contributed by atoms with Crippen LogP contribution in [0, 0.1) is 5.82 Å². The van der Waals surface area contributed by atoms with Gasteiger partial charge in [0.25, 0.3) is 5.91 Å². The molecule has 3 rings (SSSR count). The molecule has 31 heavy (non-hydrogen) atoms. The van der Waals surface area contributed by atoms with E-state index >= 15 is 0 Å². The number of carbonyl (C=O) groups is 2. The van der Waals surface area contributed by atoms with Crippen LogP contribution in [0.4, 0.5) is 4.39 Å². The summed E-state index contributed by atoms with van der Waals surface area (Å²) in [6, 6.07) is 6.89. The lowest BCUT2D eigenvalue weighted by atomic mass is 10.2. The molecule has 1 saturated heterocycles. The van der Waals surface area contributed by atoms with Crippen LogP contribution in [0.3, 0.4) is 0 Å². The number of likely N-dealkylation sites (N-methyl/N-ethyl adjacent to an activating group) is 1. The molecule has 1 aliphatic heterocycles. The SMILES string of the molecule is CCN(CC(=O)NCc1cccs1)C(=O)c1cc(S(=O)(=O)N2CCOCC2)ccc1F. The minimum absolute atomic E-state index is 0.158. The first kappa shape index (κ1) is 23.3. The largest absolute Gasteiger partial charge is 0.379 e. The van der Waals surface area contributed by atoms with Crippen LogP contribution in [0.5, 0.6) is 0 Å². The van der Waals surface area contributed by atoms with Crippen LogP contribution < -0.4 is 5.32 Å². The maximum atomic E-state index is 14.4. The Balaban J connectivity index is 1.74. The fourth-order valence-electron chi connectivity index (χ4n) is 3.09. The third-order valence-corrected chi connectivity index (χ3v) is 7.59. The van der Waals surface area contributed by atoms with E-state index in [4.69, 9.17) is 4.74 Å². The number of ether oxygens (including phenoxy) is 1. The Hall–Kier alpha value is -2.34. The minimum Gasteiger partial charge on any atom is -0.379 e. The first-order valence-electron chi connectivity index (χ1n) is 9.78. The van der Waals surface area contributed by atoms with Gasteiger partial charge in [0, 0.05) is 24.5 Å². The van der Waals surface area contributed by atoms with Gasteiger partial charge in [-0.05, 0) is 36.6 Å². The highest BCUT2D eigenvalue weighted by atomic mass is 32.2. The lowest BCUT2D eigenvalue weighted by Gasteiger charge is -2.26. The van der Waals surface area contributed by atoms with Gasteiger partial charge in [-0.15, -0.1) is 11.3 Å². The molecule has 0 bridgehead atoms. The van der Waals surface area contributed by atoms with Gasteiger partial charge in [-0.3, -0.25) is 9.59 Å². The predicted octanol–water partition coefficient (Wildman–Crippen LogP) is 1.69. The van der Waals surface area contributed by atoms with Crippen LogP contribution in [0.2, 0.25) is 0 Å². The lowest BCUT2D eigenvalue weighted by Crippen LogP contribution is -2.41. The van der Waals surface area contributed by atoms with Crippen LogP contribution in [-0.2, 0) is 26.1 Å². The number of nitrogens with zero attached hydrogens (tertiary/aromatic N) is 2. The van der Waals surface area contributed by atoms with Crippen molar-refractivity contribution in [2.45, 2.75) is 18.4 Å². The van der Waals surface area contributed by atoms with Gasteiger partial charge in [-0.25, -0.2) is 12.8 Å². The quantitative estimate of drug-likeness (QED) is 0.635. The van der Waals surface area contributed by atoms with E-state index in [1.807, 2.05) is 17.5 Å². The van der Waals surface area contributed by atoms with Crippen molar-refractivity contribution < 1.29 is 27.1 Å². The van der Waals surface area contributed by atoms with Crippen molar-refractivity contribution in [3.8, 4) is 0 Å². The van der Waals surface area contributed by atoms with Crippen LogP contribution >= 0.6 is 11.3 Å². The minimum atomic E-state index is -3.89. The predicted molar refractivity (Wildman–Crippen MR) is 114 cm³/mol. The first-order chi connectivity index (χ1) is 14.8. The van der Waals surface area contributed by atoms with Crippen molar-refractivity contribution in [3.63, 3.8) is 0 Å². The van der Waals surface area contributed by atoms with Crippen LogP contribution in [-0.4, -0.2) is 68.8 Å². The molecular weight excluding hydrogens is 445 g/mol. The van der Waals surface area contributed by atoms with Gasteiger partial charge in [0.2, 0.25) is 15.9 Å².